The number of carbonyl (C=O) groups excluding carboxylic acids is 2. The molecule has 3 rings (SSSR count). The van der Waals surface area contributed by atoms with E-state index >= 15 is 0 Å². The van der Waals surface area contributed by atoms with E-state index in [1.54, 1.807) is 0 Å². The molecule has 27 heavy (non-hydrogen) atoms. The molecule has 148 valence electrons. The molecule has 1 spiro atoms. The molecule has 2 saturated heterocycles. The van der Waals surface area contributed by atoms with E-state index in [2.05, 4.69) is 5.32 Å². The molecule has 2 amide bonds. The lowest BCUT2D eigenvalue weighted by Crippen LogP contribution is -2.47. The Morgan fingerprint density at radius 2 is 1.81 bits per heavy atom. The standard InChI is InChI=1S/C21H31N3O3/c1-15(2)19(25)22-17-13-21(27-14-17)9-11-24(12-10-21)20(26)16-5-7-18(8-6-16)23(3)4/h5-8,15,17H,9-14H2,1-4H3,(H,22,25)/t17-/m1/s1. The minimum atomic E-state index is -0.194. The van der Waals surface area contributed by atoms with E-state index in [1.807, 2.05) is 62.0 Å². The Kier molecular flexibility index (Phi) is 5.75. The number of hydrogen-bond donors (Lipinski definition) is 1. The highest BCUT2D eigenvalue weighted by Gasteiger charge is 2.43. The van der Waals surface area contributed by atoms with Gasteiger partial charge in [-0.05, 0) is 43.5 Å². The Morgan fingerprint density at radius 1 is 1.19 bits per heavy atom. The van der Waals surface area contributed by atoms with Crippen LogP contribution in [-0.4, -0.2) is 62.1 Å². The molecule has 0 radical (unpaired) electrons. The predicted octanol–water partition coefficient (Wildman–Crippen LogP) is 2.29. The first-order chi connectivity index (χ1) is 12.8. The molecule has 0 aromatic heterocycles. The minimum Gasteiger partial charge on any atom is -0.378 e. The number of amides is 2. The average Bonchev–Trinajstić information content (AvgIpc) is 3.04. The van der Waals surface area contributed by atoms with Crippen LogP contribution in [0.15, 0.2) is 24.3 Å². The van der Waals surface area contributed by atoms with Crippen molar-refractivity contribution < 1.29 is 14.3 Å². The lowest BCUT2D eigenvalue weighted by Gasteiger charge is -2.38. The van der Waals surface area contributed by atoms with E-state index in [0.717, 1.165) is 30.5 Å². The number of rotatable bonds is 4. The van der Waals surface area contributed by atoms with Gasteiger partial charge in [0.15, 0.2) is 0 Å². The van der Waals surface area contributed by atoms with Crippen molar-refractivity contribution in [2.24, 2.45) is 5.92 Å². The summed E-state index contributed by atoms with van der Waals surface area (Å²) in [7, 11) is 3.97. The van der Waals surface area contributed by atoms with E-state index in [9.17, 15) is 9.59 Å². The van der Waals surface area contributed by atoms with Crippen molar-refractivity contribution in [1.29, 1.82) is 0 Å². The average molecular weight is 373 g/mol. The zero-order valence-electron chi connectivity index (χ0n) is 16.8. The van der Waals surface area contributed by atoms with Crippen LogP contribution in [0.4, 0.5) is 5.69 Å². The van der Waals surface area contributed by atoms with Gasteiger partial charge in [-0.15, -0.1) is 0 Å². The molecule has 2 heterocycles. The van der Waals surface area contributed by atoms with Gasteiger partial charge in [0, 0.05) is 44.4 Å². The summed E-state index contributed by atoms with van der Waals surface area (Å²) in [5.74, 6) is 0.146. The third-order valence-electron chi connectivity index (χ3n) is 5.67. The van der Waals surface area contributed by atoms with Crippen molar-refractivity contribution >= 4 is 17.5 Å². The molecule has 1 atom stereocenters. The summed E-state index contributed by atoms with van der Waals surface area (Å²) in [4.78, 5) is 28.6. The summed E-state index contributed by atoms with van der Waals surface area (Å²) in [5, 5.41) is 3.08. The zero-order valence-corrected chi connectivity index (χ0v) is 16.8. The van der Waals surface area contributed by atoms with Crippen LogP contribution >= 0.6 is 0 Å². The van der Waals surface area contributed by atoms with Crippen molar-refractivity contribution in [3.8, 4) is 0 Å². The first kappa shape index (κ1) is 19.7. The van der Waals surface area contributed by atoms with Crippen molar-refractivity contribution in [3.63, 3.8) is 0 Å². The lowest BCUT2D eigenvalue weighted by atomic mass is 9.87. The molecule has 0 bridgehead atoms. The highest BCUT2D eigenvalue weighted by Crippen LogP contribution is 2.36. The maximum absolute atomic E-state index is 12.8. The smallest absolute Gasteiger partial charge is 0.253 e. The Morgan fingerprint density at radius 3 is 2.37 bits per heavy atom. The van der Waals surface area contributed by atoms with Gasteiger partial charge in [0.05, 0.1) is 18.2 Å². The van der Waals surface area contributed by atoms with Crippen molar-refractivity contribution in [2.75, 3.05) is 38.7 Å². The van der Waals surface area contributed by atoms with Crippen LogP contribution in [0, 0.1) is 5.92 Å². The predicted molar refractivity (Wildman–Crippen MR) is 106 cm³/mol. The summed E-state index contributed by atoms with van der Waals surface area (Å²) in [6, 6.07) is 7.82. The first-order valence-corrected chi connectivity index (χ1v) is 9.81. The van der Waals surface area contributed by atoms with Gasteiger partial charge in [-0.25, -0.2) is 0 Å². The van der Waals surface area contributed by atoms with E-state index in [-0.39, 0.29) is 29.4 Å². The first-order valence-electron chi connectivity index (χ1n) is 9.81. The van der Waals surface area contributed by atoms with Gasteiger partial charge in [0.1, 0.15) is 0 Å². The summed E-state index contributed by atoms with van der Waals surface area (Å²) in [5.41, 5.74) is 1.62. The van der Waals surface area contributed by atoms with Gasteiger partial charge >= 0.3 is 0 Å². The molecular formula is C21H31N3O3. The number of nitrogens with zero attached hydrogens (tertiary/aromatic N) is 2. The fourth-order valence-electron chi connectivity index (χ4n) is 3.86. The van der Waals surface area contributed by atoms with E-state index < -0.39 is 0 Å². The van der Waals surface area contributed by atoms with E-state index in [4.69, 9.17) is 4.74 Å². The zero-order chi connectivity index (χ0) is 19.6. The molecule has 1 aromatic carbocycles. The van der Waals surface area contributed by atoms with Gasteiger partial charge < -0.3 is 19.9 Å². The summed E-state index contributed by atoms with van der Waals surface area (Å²) >= 11 is 0. The number of ether oxygens (including phenoxy) is 1. The molecule has 0 unspecified atom stereocenters. The molecule has 0 aliphatic carbocycles. The number of hydrogen-bond acceptors (Lipinski definition) is 4. The lowest BCUT2D eigenvalue weighted by molar-refractivity contribution is -0.124. The summed E-state index contributed by atoms with van der Waals surface area (Å²) < 4.78 is 6.09. The fourth-order valence-corrected chi connectivity index (χ4v) is 3.86. The van der Waals surface area contributed by atoms with Crippen LogP contribution in [0.5, 0.6) is 0 Å². The Labute approximate surface area is 161 Å². The topological polar surface area (TPSA) is 61.9 Å². The van der Waals surface area contributed by atoms with Crippen LogP contribution in [-0.2, 0) is 9.53 Å². The fraction of sp³-hybridized carbons (Fsp3) is 0.619. The highest BCUT2D eigenvalue weighted by molar-refractivity contribution is 5.94. The Balaban J connectivity index is 1.54. The molecule has 2 aliphatic heterocycles. The monoisotopic (exact) mass is 373 g/mol. The van der Waals surface area contributed by atoms with Crippen molar-refractivity contribution in [1.82, 2.24) is 10.2 Å². The molecule has 6 heteroatoms. The molecule has 1 aromatic rings. The highest BCUT2D eigenvalue weighted by atomic mass is 16.5. The second-order valence-corrected chi connectivity index (χ2v) is 8.29. The Hall–Kier alpha value is -2.08. The quantitative estimate of drug-likeness (QED) is 0.880. The molecule has 6 nitrogen and oxygen atoms in total. The molecular weight excluding hydrogens is 342 g/mol. The number of benzene rings is 1. The number of anilines is 1. The molecule has 1 N–H and O–H groups in total. The van der Waals surface area contributed by atoms with Gasteiger partial charge in [-0.3, -0.25) is 9.59 Å². The maximum atomic E-state index is 12.8. The van der Waals surface area contributed by atoms with E-state index in [1.165, 1.54) is 0 Å². The molecule has 2 fully saturated rings. The van der Waals surface area contributed by atoms with Gasteiger partial charge in [-0.2, -0.15) is 0 Å². The summed E-state index contributed by atoms with van der Waals surface area (Å²) in [6.07, 6.45) is 2.48. The largest absolute Gasteiger partial charge is 0.378 e. The normalized spacial score (nSPS) is 21.5. The number of piperidine rings is 1. The van der Waals surface area contributed by atoms with Gasteiger partial charge in [-0.1, -0.05) is 13.8 Å². The Bertz CT molecular complexity index is 676. The number of carbonyl (C=O) groups is 2. The van der Waals surface area contributed by atoms with Crippen LogP contribution < -0.4 is 10.2 Å². The number of nitrogens with one attached hydrogen (secondary N) is 1. The molecule has 2 aliphatic rings. The van der Waals surface area contributed by atoms with Crippen LogP contribution in [0.25, 0.3) is 0 Å². The number of likely N-dealkylation sites (tertiary alicyclic amines) is 1. The molecule has 0 saturated carbocycles. The van der Waals surface area contributed by atoms with E-state index in [0.29, 0.717) is 19.7 Å². The summed E-state index contributed by atoms with van der Waals surface area (Å²) in [6.45, 7) is 5.75. The second-order valence-electron chi connectivity index (χ2n) is 8.29. The third kappa shape index (κ3) is 4.43. The van der Waals surface area contributed by atoms with Crippen molar-refractivity contribution in [2.45, 2.75) is 44.8 Å². The minimum absolute atomic E-state index is 0.0140. The van der Waals surface area contributed by atoms with Crippen molar-refractivity contribution in [3.05, 3.63) is 29.8 Å². The van der Waals surface area contributed by atoms with Crippen LogP contribution in [0.3, 0.4) is 0 Å². The second kappa shape index (κ2) is 7.89. The maximum Gasteiger partial charge on any atom is 0.253 e. The SMILES string of the molecule is CC(C)C(=O)N[C@H]1COC2(CCN(C(=O)c3ccc(N(C)C)cc3)CC2)C1. The third-order valence-corrected chi connectivity index (χ3v) is 5.67. The van der Waals surface area contributed by atoms with Crippen LogP contribution in [0.1, 0.15) is 43.5 Å². The van der Waals surface area contributed by atoms with Gasteiger partial charge in [0.2, 0.25) is 5.91 Å². The van der Waals surface area contributed by atoms with Gasteiger partial charge in [0.25, 0.3) is 5.91 Å². The van der Waals surface area contributed by atoms with Crippen LogP contribution in [0.2, 0.25) is 0 Å².